The van der Waals surface area contributed by atoms with Gasteiger partial charge in [-0.2, -0.15) is 0 Å². The van der Waals surface area contributed by atoms with Gasteiger partial charge in [0, 0.05) is 18.2 Å². The summed E-state index contributed by atoms with van der Waals surface area (Å²) in [6.07, 6.45) is 1.12. The molecule has 1 aromatic carbocycles. The van der Waals surface area contributed by atoms with Crippen molar-refractivity contribution >= 4 is 18.1 Å². The summed E-state index contributed by atoms with van der Waals surface area (Å²) in [5, 5.41) is 13.6. The van der Waals surface area contributed by atoms with E-state index in [-0.39, 0.29) is 23.0 Å². The summed E-state index contributed by atoms with van der Waals surface area (Å²) < 4.78 is 0. The fourth-order valence-electron chi connectivity index (χ4n) is 1.40. The van der Waals surface area contributed by atoms with Crippen LogP contribution in [-0.2, 0) is 0 Å². The van der Waals surface area contributed by atoms with Gasteiger partial charge in [-0.15, -0.1) is 12.4 Å². The maximum absolute atomic E-state index is 10.4. The van der Waals surface area contributed by atoms with E-state index in [1.54, 1.807) is 12.1 Å². The molecule has 0 radical (unpaired) electrons. The van der Waals surface area contributed by atoms with E-state index in [4.69, 9.17) is 0 Å². The van der Waals surface area contributed by atoms with Crippen molar-refractivity contribution < 1.29 is 4.92 Å². The lowest BCUT2D eigenvalue weighted by molar-refractivity contribution is -0.384. The molecule has 14 heavy (non-hydrogen) atoms. The Hall–Kier alpha value is -1.13. The first-order valence-corrected chi connectivity index (χ1v) is 4.25. The van der Waals surface area contributed by atoms with Crippen LogP contribution in [0.5, 0.6) is 0 Å². The lowest BCUT2D eigenvalue weighted by Crippen LogP contribution is -2.34. The zero-order valence-corrected chi connectivity index (χ0v) is 8.29. The van der Waals surface area contributed by atoms with E-state index in [0.717, 1.165) is 18.5 Å². The molecule has 1 heterocycles. The van der Waals surface area contributed by atoms with E-state index in [1.807, 2.05) is 12.1 Å². The fraction of sp³-hybridized carbons (Fsp3) is 0.333. The number of nitro benzene ring substituents is 1. The van der Waals surface area contributed by atoms with Crippen molar-refractivity contribution in [2.75, 3.05) is 6.54 Å². The van der Waals surface area contributed by atoms with Gasteiger partial charge in [0.2, 0.25) is 0 Å². The molecule has 1 fully saturated rings. The van der Waals surface area contributed by atoms with E-state index in [2.05, 4.69) is 5.32 Å². The summed E-state index contributed by atoms with van der Waals surface area (Å²) in [6.45, 7) is 1.04. The van der Waals surface area contributed by atoms with Crippen LogP contribution in [0.2, 0.25) is 0 Å². The minimum Gasteiger partial charge on any atom is -0.310 e. The van der Waals surface area contributed by atoms with Crippen LogP contribution < -0.4 is 5.32 Å². The summed E-state index contributed by atoms with van der Waals surface area (Å²) in [6, 6.07) is 7.13. The summed E-state index contributed by atoms with van der Waals surface area (Å²) in [5.74, 6) is 0. The third-order valence-corrected chi connectivity index (χ3v) is 2.33. The number of rotatable bonds is 2. The second-order valence-electron chi connectivity index (χ2n) is 3.14. The van der Waals surface area contributed by atoms with Crippen LogP contribution in [0.3, 0.4) is 0 Å². The molecule has 0 aromatic heterocycles. The quantitative estimate of drug-likeness (QED) is 0.606. The lowest BCUT2D eigenvalue weighted by Gasteiger charge is -2.27. The van der Waals surface area contributed by atoms with Gasteiger partial charge >= 0.3 is 0 Å². The van der Waals surface area contributed by atoms with E-state index in [0.29, 0.717) is 6.04 Å². The third kappa shape index (κ3) is 2.02. The number of benzene rings is 1. The summed E-state index contributed by atoms with van der Waals surface area (Å²) in [4.78, 5) is 9.98. The van der Waals surface area contributed by atoms with Crippen molar-refractivity contribution in [3.05, 3.63) is 39.9 Å². The maximum Gasteiger partial charge on any atom is 0.269 e. The average molecular weight is 215 g/mol. The summed E-state index contributed by atoms with van der Waals surface area (Å²) >= 11 is 0. The number of nitrogens with zero attached hydrogens (tertiary/aromatic N) is 1. The largest absolute Gasteiger partial charge is 0.310 e. The van der Waals surface area contributed by atoms with Crippen molar-refractivity contribution in [2.45, 2.75) is 12.5 Å². The van der Waals surface area contributed by atoms with Gasteiger partial charge < -0.3 is 5.32 Å². The normalized spacial score (nSPS) is 19.3. The molecule has 0 bridgehead atoms. The van der Waals surface area contributed by atoms with Crippen molar-refractivity contribution in [1.29, 1.82) is 0 Å². The van der Waals surface area contributed by atoms with Gasteiger partial charge in [-0.25, -0.2) is 0 Å². The standard InChI is InChI=1S/C9H10N2O2.ClH/c12-11(13)8-3-1-7(2-4-8)9-5-6-10-9;/h1-4,9-10H,5-6H2;1H/t9-;/m1./s1. The molecule has 4 nitrogen and oxygen atoms in total. The molecule has 0 aliphatic carbocycles. The Morgan fingerprint density at radius 1 is 1.36 bits per heavy atom. The van der Waals surface area contributed by atoms with Crippen LogP contribution in [0, 0.1) is 10.1 Å². The first kappa shape index (κ1) is 10.9. The third-order valence-electron chi connectivity index (χ3n) is 2.33. The zero-order chi connectivity index (χ0) is 9.26. The molecular weight excluding hydrogens is 204 g/mol. The molecule has 1 aliphatic heterocycles. The highest BCUT2D eigenvalue weighted by Gasteiger charge is 2.18. The van der Waals surface area contributed by atoms with Crippen LogP contribution >= 0.6 is 12.4 Å². The Morgan fingerprint density at radius 2 is 1.93 bits per heavy atom. The van der Waals surface area contributed by atoms with E-state index in [1.165, 1.54) is 0 Å². The second-order valence-corrected chi connectivity index (χ2v) is 3.14. The Balaban J connectivity index is 0.000000980. The number of hydrogen-bond donors (Lipinski definition) is 1. The molecule has 1 saturated heterocycles. The van der Waals surface area contributed by atoms with Crippen molar-refractivity contribution in [1.82, 2.24) is 5.32 Å². The minimum absolute atomic E-state index is 0. The Labute approximate surface area is 87.9 Å². The SMILES string of the molecule is Cl.O=[N+]([O-])c1ccc([C@H]2CCN2)cc1. The Morgan fingerprint density at radius 3 is 2.29 bits per heavy atom. The highest BCUT2D eigenvalue weighted by atomic mass is 35.5. The molecule has 1 aliphatic rings. The summed E-state index contributed by atoms with van der Waals surface area (Å²) in [5.41, 5.74) is 1.29. The molecule has 1 aromatic rings. The number of nitrogens with one attached hydrogen (secondary N) is 1. The second kappa shape index (κ2) is 4.39. The molecule has 0 unspecified atom stereocenters. The highest BCUT2D eigenvalue weighted by molar-refractivity contribution is 5.85. The minimum atomic E-state index is -0.377. The topological polar surface area (TPSA) is 55.2 Å². The molecular formula is C9H11ClN2O2. The first-order chi connectivity index (χ1) is 6.27. The molecule has 76 valence electrons. The molecule has 0 saturated carbocycles. The first-order valence-electron chi connectivity index (χ1n) is 4.25. The molecule has 1 N–H and O–H groups in total. The van der Waals surface area contributed by atoms with E-state index < -0.39 is 0 Å². The molecule has 0 spiro atoms. The fourth-order valence-corrected chi connectivity index (χ4v) is 1.40. The van der Waals surface area contributed by atoms with Gasteiger partial charge in [0.15, 0.2) is 0 Å². The van der Waals surface area contributed by atoms with Crippen molar-refractivity contribution in [3.8, 4) is 0 Å². The number of nitro groups is 1. The van der Waals surface area contributed by atoms with Gasteiger partial charge in [-0.3, -0.25) is 10.1 Å². The van der Waals surface area contributed by atoms with Crippen molar-refractivity contribution in [2.24, 2.45) is 0 Å². The smallest absolute Gasteiger partial charge is 0.269 e. The van der Waals surface area contributed by atoms with Crippen LogP contribution in [0.15, 0.2) is 24.3 Å². The van der Waals surface area contributed by atoms with Gasteiger partial charge in [-0.05, 0) is 18.5 Å². The maximum atomic E-state index is 10.4. The number of halogens is 1. The predicted molar refractivity (Wildman–Crippen MR) is 55.7 cm³/mol. The van der Waals surface area contributed by atoms with Crippen LogP contribution in [0.25, 0.3) is 0 Å². The van der Waals surface area contributed by atoms with Crippen LogP contribution in [0.4, 0.5) is 5.69 Å². The molecule has 0 amide bonds. The van der Waals surface area contributed by atoms with E-state index >= 15 is 0 Å². The van der Waals surface area contributed by atoms with Gasteiger partial charge in [-0.1, -0.05) is 12.1 Å². The zero-order valence-electron chi connectivity index (χ0n) is 7.47. The van der Waals surface area contributed by atoms with Crippen LogP contribution in [-0.4, -0.2) is 11.5 Å². The highest BCUT2D eigenvalue weighted by Crippen LogP contribution is 2.24. The number of hydrogen-bond acceptors (Lipinski definition) is 3. The van der Waals surface area contributed by atoms with Crippen molar-refractivity contribution in [3.63, 3.8) is 0 Å². The van der Waals surface area contributed by atoms with Gasteiger partial charge in [0.1, 0.15) is 0 Å². The molecule has 1 atom stereocenters. The van der Waals surface area contributed by atoms with Crippen LogP contribution in [0.1, 0.15) is 18.0 Å². The Bertz CT molecular complexity index is 322. The van der Waals surface area contributed by atoms with Gasteiger partial charge in [0.25, 0.3) is 5.69 Å². The molecule has 5 heteroatoms. The lowest BCUT2D eigenvalue weighted by atomic mass is 9.98. The summed E-state index contributed by atoms with van der Waals surface area (Å²) in [7, 11) is 0. The van der Waals surface area contributed by atoms with E-state index in [9.17, 15) is 10.1 Å². The Kier molecular flexibility index (Phi) is 3.43. The molecule has 2 rings (SSSR count). The predicted octanol–water partition coefficient (Wildman–Crippen LogP) is 2.05. The van der Waals surface area contributed by atoms with Gasteiger partial charge in [0.05, 0.1) is 4.92 Å². The average Bonchev–Trinajstić information content (AvgIpc) is 2.02. The number of non-ortho nitro benzene ring substituents is 1. The monoisotopic (exact) mass is 214 g/mol.